The van der Waals surface area contributed by atoms with Gasteiger partial charge in [-0.05, 0) is 30.3 Å². The molecule has 0 spiro atoms. The highest BCUT2D eigenvalue weighted by atomic mass is 79.9. The Balaban J connectivity index is 2.11. The number of halogens is 1. The van der Waals surface area contributed by atoms with Gasteiger partial charge in [-0.3, -0.25) is 4.98 Å². The summed E-state index contributed by atoms with van der Waals surface area (Å²) in [5, 5.41) is 4.36. The van der Waals surface area contributed by atoms with Crippen molar-refractivity contribution >= 4 is 43.9 Å². The number of hydrogen-bond acceptors (Lipinski definition) is 4. The molecule has 106 valence electrons. The second kappa shape index (κ2) is 5.61. The number of anilines is 3. The first-order chi connectivity index (χ1) is 10.2. The van der Waals surface area contributed by atoms with Crippen LogP contribution >= 0.6 is 15.9 Å². The third-order valence-electron chi connectivity index (χ3n) is 3.23. The summed E-state index contributed by atoms with van der Waals surface area (Å²) in [6.07, 6.45) is 1.74. The lowest BCUT2D eigenvalue weighted by atomic mass is 10.1. The predicted molar refractivity (Wildman–Crippen MR) is 90.1 cm³/mol. The Kier molecular flexibility index (Phi) is 3.66. The van der Waals surface area contributed by atoms with Crippen LogP contribution in [0.15, 0.2) is 53.1 Å². The Hall–Kier alpha value is -2.27. The van der Waals surface area contributed by atoms with Crippen LogP contribution < -0.4 is 15.8 Å². The van der Waals surface area contributed by atoms with Crippen LogP contribution in [0.1, 0.15) is 0 Å². The first kappa shape index (κ1) is 13.7. The van der Waals surface area contributed by atoms with Gasteiger partial charge in [0.15, 0.2) is 0 Å². The van der Waals surface area contributed by atoms with Crippen LogP contribution in [0, 0.1) is 0 Å². The minimum atomic E-state index is 0.664. The van der Waals surface area contributed by atoms with Crippen LogP contribution in [0.4, 0.5) is 17.1 Å². The summed E-state index contributed by atoms with van der Waals surface area (Å²) in [6, 6.07) is 13.5. The van der Waals surface area contributed by atoms with E-state index in [1.54, 1.807) is 13.3 Å². The summed E-state index contributed by atoms with van der Waals surface area (Å²) in [7, 11) is 1.65. The van der Waals surface area contributed by atoms with Gasteiger partial charge in [0.25, 0.3) is 0 Å². The number of benzene rings is 2. The molecular weight excluding hydrogens is 330 g/mol. The molecule has 3 rings (SSSR count). The van der Waals surface area contributed by atoms with E-state index in [0.717, 1.165) is 32.5 Å². The third-order valence-corrected chi connectivity index (χ3v) is 3.73. The van der Waals surface area contributed by atoms with Gasteiger partial charge in [0.1, 0.15) is 5.75 Å². The quantitative estimate of drug-likeness (QED) is 0.694. The number of fused-ring (bicyclic) bond motifs is 1. The van der Waals surface area contributed by atoms with Crippen LogP contribution in [0.5, 0.6) is 5.75 Å². The third kappa shape index (κ3) is 2.64. The second-order valence-corrected chi connectivity index (χ2v) is 5.49. The molecule has 1 heterocycles. The van der Waals surface area contributed by atoms with E-state index in [9.17, 15) is 0 Å². The largest absolute Gasteiger partial charge is 0.495 e. The molecule has 0 aliphatic carbocycles. The molecule has 0 saturated heterocycles. The van der Waals surface area contributed by atoms with Gasteiger partial charge in [-0.25, -0.2) is 0 Å². The normalized spacial score (nSPS) is 10.6. The maximum Gasteiger partial charge on any atom is 0.142 e. The number of nitrogens with one attached hydrogen (secondary N) is 1. The van der Waals surface area contributed by atoms with Gasteiger partial charge in [-0.15, -0.1) is 0 Å². The Morgan fingerprint density at radius 1 is 1.14 bits per heavy atom. The SMILES string of the molecule is COc1ccc(Br)cc1Nc1ccnc2c(N)cccc12. The zero-order chi connectivity index (χ0) is 14.8. The number of para-hydroxylation sites is 1. The summed E-state index contributed by atoms with van der Waals surface area (Å²) >= 11 is 3.47. The van der Waals surface area contributed by atoms with E-state index >= 15 is 0 Å². The van der Waals surface area contributed by atoms with Crippen molar-refractivity contribution in [3.05, 3.63) is 53.1 Å². The molecular formula is C16H14BrN3O. The second-order valence-electron chi connectivity index (χ2n) is 4.57. The van der Waals surface area contributed by atoms with E-state index in [2.05, 4.69) is 26.2 Å². The van der Waals surface area contributed by atoms with E-state index < -0.39 is 0 Å². The van der Waals surface area contributed by atoms with Gasteiger partial charge < -0.3 is 15.8 Å². The molecule has 0 saturated carbocycles. The summed E-state index contributed by atoms with van der Waals surface area (Å²) in [5.74, 6) is 0.770. The molecule has 0 unspecified atom stereocenters. The Morgan fingerprint density at radius 3 is 2.81 bits per heavy atom. The minimum absolute atomic E-state index is 0.664. The van der Waals surface area contributed by atoms with E-state index in [0.29, 0.717) is 5.69 Å². The molecule has 0 aliphatic rings. The van der Waals surface area contributed by atoms with Crippen molar-refractivity contribution in [2.45, 2.75) is 0 Å². The van der Waals surface area contributed by atoms with Gasteiger partial charge in [0, 0.05) is 21.7 Å². The molecule has 1 aromatic heterocycles. The summed E-state index contributed by atoms with van der Waals surface area (Å²) < 4.78 is 6.36. The lowest BCUT2D eigenvalue weighted by Crippen LogP contribution is -1.97. The lowest BCUT2D eigenvalue weighted by Gasteiger charge is -2.13. The van der Waals surface area contributed by atoms with Gasteiger partial charge in [-0.1, -0.05) is 28.1 Å². The minimum Gasteiger partial charge on any atom is -0.495 e. The number of hydrogen-bond donors (Lipinski definition) is 2. The van der Waals surface area contributed by atoms with Gasteiger partial charge >= 0.3 is 0 Å². The molecule has 0 fully saturated rings. The molecule has 0 atom stereocenters. The number of pyridine rings is 1. The zero-order valence-electron chi connectivity index (χ0n) is 11.4. The van der Waals surface area contributed by atoms with Crippen LogP contribution in [0.2, 0.25) is 0 Å². The van der Waals surface area contributed by atoms with Crippen LogP contribution in [-0.4, -0.2) is 12.1 Å². The van der Waals surface area contributed by atoms with Crippen molar-refractivity contribution in [2.75, 3.05) is 18.2 Å². The van der Waals surface area contributed by atoms with Gasteiger partial charge in [0.2, 0.25) is 0 Å². The van der Waals surface area contributed by atoms with Crippen LogP contribution in [-0.2, 0) is 0 Å². The van der Waals surface area contributed by atoms with Crippen molar-refractivity contribution in [3.8, 4) is 5.75 Å². The molecule has 0 aliphatic heterocycles. The molecule has 0 radical (unpaired) electrons. The average Bonchev–Trinajstić information content (AvgIpc) is 2.49. The molecule has 21 heavy (non-hydrogen) atoms. The molecule has 3 aromatic rings. The van der Waals surface area contributed by atoms with Crippen molar-refractivity contribution < 1.29 is 4.74 Å². The van der Waals surface area contributed by atoms with E-state index in [4.69, 9.17) is 10.5 Å². The van der Waals surface area contributed by atoms with Crippen LogP contribution in [0.25, 0.3) is 10.9 Å². The number of ether oxygens (including phenoxy) is 1. The average molecular weight is 344 g/mol. The monoisotopic (exact) mass is 343 g/mol. The summed E-state index contributed by atoms with van der Waals surface area (Å²) in [4.78, 5) is 4.34. The first-order valence-electron chi connectivity index (χ1n) is 6.43. The standard InChI is InChI=1S/C16H14BrN3O/c1-21-15-6-5-10(17)9-14(15)20-13-7-8-19-16-11(13)3-2-4-12(16)18/h2-9H,18H2,1H3,(H,19,20). The van der Waals surface area contributed by atoms with E-state index in [-0.39, 0.29) is 0 Å². The molecule has 2 aromatic carbocycles. The van der Waals surface area contributed by atoms with Crippen LogP contribution in [0.3, 0.4) is 0 Å². The maximum atomic E-state index is 5.98. The Morgan fingerprint density at radius 2 is 2.00 bits per heavy atom. The number of nitrogens with zero attached hydrogens (tertiary/aromatic N) is 1. The first-order valence-corrected chi connectivity index (χ1v) is 7.22. The fourth-order valence-electron chi connectivity index (χ4n) is 2.23. The number of aromatic nitrogens is 1. The molecule has 0 bridgehead atoms. The summed E-state index contributed by atoms with van der Waals surface area (Å²) in [6.45, 7) is 0. The van der Waals surface area contributed by atoms with Crippen molar-refractivity contribution in [1.82, 2.24) is 4.98 Å². The number of methoxy groups -OCH3 is 1. The molecule has 0 amide bonds. The smallest absolute Gasteiger partial charge is 0.142 e. The Labute approximate surface area is 131 Å². The maximum absolute atomic E-state index is 5.98. The lowest BCUT2D eigenvalue weighted by molar-refractivity contribution is 0.417. The van der Waals surface area contributed by atoms with Gasteiger partial charge in [0.05, 0.1) is 24.0 Å². The van der Waals surface area contributed by atoms with Crippen molar-refractivity contribution in [1.29, 1.82) is 0 Å². The Bertz CT molecular complexity index is 805. The summed E-state index contributed by atoms with van der Waals surface area (Å²) in [5.41, 5.74) is 9.24. The van der Waals surface area contributed by atoms with Crippen molar-refractivity contribution in [3.63, 3.8) is 0 Å². The predicted octanol–water partition coefficient (Wildman–Crippen LogP) is 4.33. The fraction of sp³-hybridized carbons (Fsp3) is 0.0625. The topological polar surface area (TPSA) is 60.2 Å². The number of nitrogens with two attached hydrogens (primary N) is 1. The molecule has 5 heteroatoms. The van der Waals surface area contributed by atoms with E-state index in [1.165, 1.54) is 0 Å². The highest BCUT2D eigenvalue weighted by Crippen LogP contribution is 2.33. The van der Waals surface area contributed by atoms with Gasteiger partial charge in [-0.2, -0.15) is 0 Å². The van der Waals surface area contributed by atoms with Crippen molar-refractivity contribution in [2.24, 2.45) is 0 Å². The fourth-order valence-corrected chi connectivity index (χ4v) is 2.59. The molecule has 3 N–H and O–H groups in total. The highest BCUT2D eigenvalue weighted by Gasteiger charge is 2.08. The zero-order valence-corrected chi connectivity index (χ0v) is 13.0. The molecule has 4 nitrogen and oxygen atoms in total. The number of nitrogen functional groups attached to an aromatic ring is 1. The number of rotatable bonds is 3. The highest BCUT2D eigenvalue weighted by molar-refractivity contribution is 9.10. The van der Waals surface area contributed by atoms with E-state index in [1.807, 2.05) is 42.5 Å².